The van der Waals surface area contributed by atoms with E-state index in [2.05, 4.69) is 5.32 Å². The first-order valence-electron chi connectivity index (χ1n) is 5.35. The highest BCUT2D eigenvalue weighted by Crippen LogP contribution is 2.28. The zero-order chi connectivity index (χ0) is 12.4. The average Bonchev–Trinajstić information content (AvgIpc) is 2.64. The van der Waals surface area contributed by atoms with Crippen LogP contribution in [0.2, 0.25) is 0 Å². The fraction of sp³-hybridized carbons (Fsp3) is 0.583. The second-order valence-corrected chi connectivity index (χ2v) is 5.11. The maximum Gasteiger partial charge on any atom is 0.227 e. The van der Waals surface area contributed by atoms with Crippen molar-refractivity contribution in [3.05, 3.63) is 24.2 Å². The molecule has 0 aliphatic rings. The molecule has 0 saturated carbocycles. The summed E-state index contributed by atoms with van der Waals surface area (Å²) in [5.41, 5.74) is 4.78. The Labute approximate surface area is 96.2 Å². The minimum atomic E-state index is -0.625. The third-order valence-corrected chi connectivity index (χ3v) is 3.18. The van der Waals surface area contributed by atoms with E-state index < -0.39 is 11.0 Å². The van der Waals surface area contributed by atoms with Crippen molar-refractivity contribution < 1.29 is 9.21 Å². The smallest absolute Gasteiger partial charge is 0.227 e. The second kappa shape index (κ2) is 4.29. The van der Waals surface area contributed by atoms with E-state index in [1.54, 1.807) is 12.3 Å². The van der Waals surface area contributed by atoms with E-state index in [1.807, 2.05) is 33.8 Å². The van der Waals surface area contributed by atoms with Gasteiger partial charge in [0, 0.05) is 5.54 Å². The Balaban J connectivity index is 2.59. The van der Waals surface area contributed by atoms with Crippen molar-refractivity contribution in [1.82, 2.24) is 5.32 Å². The number of rotatable bonds is 4. The van der Waals surface area contributed by atoms with Crippen molar-refractivity contribution >= 4 is 5.91 Å². The van der Waals surface area contributed by atoms with Gasteiger partial charge in [0.15, 0.2) is 0 Å². The van der Waals surface area contributed by atoms with Gasteiger partial charge >= 0.3 is 0 Å². The van der Waals surface area contributed by atoms with Crippen LogP contribution in [-0.2, 0) is 11.3 Å². The Morgan fingerprint density at radius 2 is 2.06 bits per heavy atom. The van der Waals surface area contributed by atoms with Gasteiger partial charge in [0.1, 0.15) is 5.76 Å². The van der Waals surface area contributed by atoms with E-state index in [0.29, 0.717) is 6.54 Å². The number of hydrogen-bond donors (Lipinski definition) is 2. The number of amides is 1. The standard InChI is InChI=1S/C12H20N2O2/c1-11(2,12(3,4)13)10(15)14-8-9-6-5-7-16-9/h5-7H,8,13H2,1-4H3,(H,14,15). The molecule has 0 bridgehead atoms. The predicted octanol–water partition coefficient (Wildman–Crippen LogP) is 1.66. The van der Waals surface area contributed by atoms with Crippen LogP contribution in [0, 0.1) is 5.41 Å². The van der Waals surface area contributed by atoms with Crippen LogP contribution in [0.25, 0.3) is 0 Å². The van der Waals surface area contributed by atoms with E-state index in [0.717, 1.165) is 5.76 Å². The van der Waals surface area contributed by atoms with Gasteiger partial charge in [0.25, 0.3) is 0 Å². The summed E-state index contributed by atoms with van der Waals surface area (Å²) in [5, 5.41) is 2.82. The maximum atomic E-state index is 12.0. The molecule has 0 spiro atoms. The molecule has 0 aliphatic heterocycles. The Hall–Kier alpha value is -1.29. The Morgan fingerprint density at radius 1 is 1.44 bits per heavy atom. The summed E-state index contributed by atoms with van der Waals surface area (Å²) in [4.78, 5) is 12.0. The van der Waals surface area contributed by atoms with E-state index in [1.165, 1.54) is 0 Å². The lowest BCUT2D eigenvalue weighted by Crippen LogP contribution is -2.55. The average molecular weight is 224 g/mol. The van der Waals surface area contributed by atoms with E-state index in [9.17, 15) is 4.79 Å². The van der Waals surface area contributed by atoms with Gasteiger partial charge in [-0.15, -0.1) is 0 Å². The topological polar surface area (TPSA) is 68.3 Å². The summed E-state index contributed by atoms with van der Waals surface area (Å²) in [6.07, 6.45) is 1.58. The fourth-order valence-electron chi connectivity index (χ4n) is 1.09. The lowest BCUT2D eigenvalue weighted by Gasteiger charge is -2.36. The molecule has 1 aromatic heterocycles. The zero-order valence-corrected chi connectivity index (χ0v) is 10.3. The van der Waals surface area contributed by atoms with Gasteiger partial charge in [-0.3, -0.25) is 4.79 Å². The summed E-state index contributed by atoms with van der Waals surface area (Å²) in [6.45, 7) is 7.76. The minimum absolute atomic E-state index is 0.0728. The van der Waals surface area contributed by atoms with Crippen LogP contribution >= 0.6 is 0 Å². The molecule has 0 atom stereocenters. The first kappa shape index (κ1) is 12.8. The first-order valence-corrected chi connectivity index (χ1v) is 5.35. The van der Waals surface area contributed by atoms with Gasteiger partial charge in [0.2, 0.25) is 5.91 Å². The molecule has 1 heterocycles. The Bertz CT molecular complexity index is 348. The van der Waals surface area contributed by atoms with Crippen molar-refractivity contribution in [1.29, 1.82) is 0 Å². The summed E-state index contributed by atoms with van der Waals surface area (Å²) < 4.78 is 5.14. The van der Waals surface area contributed by atoms with Gasteiger partial charge in [0.05, 0.1) is 18.2 Å². The molecule has 0 saturated heterocycles. The van der Waals surface area contributed by atoms with Crippen molar-refractivity contribution in [3.63, 3.8) is 0 Å². The highest BCUT2D eigenvalue weighted by atomic mass is 16.3. The molecule has 0 radical (unpaired) electrons. The van der Waals surface area contributed by atoms with Crippen molar-refractivity contribution in [3.8, 4) is 0 Å². The van der Waals surface area contributed by atoms with Crippen molar-refractivity contribution in [2.45, 2.75) is 39.8 Å². The molecule has 0 aromatic carbocycles. The SMILES string of the molecule is CC(C)(N)C(C)(C)C(=O)NCc1ccco1. The van der Waals surface area contributed by atoms with Gasteiger partial charge in [-0.2, -0.15) is 0 Å². The van der Waals surface area contributed by atoms with E-state index in [-0.39, 0.29) is 5.91 Å². The molecule has 1 aromatic rings. The molecule has 4 nitrogen and oxygen atoms in total. The molecule has 3 N–H and O–H groups in total. The van der Waals surface area contributed by atoms with Gasteiger partial charge in [-0.1, -0.05) is 0 Å². The van der Waals surface area contributed by atoms with Crippen LogP contribution < -0.4 is 11.1 Å². The van der Waals surface area contributed by atoms with Crippen LogP contribution in [0.3, 0.4) is 0 Å². The molecule has 1 amide bonds. The van der Waals surface area contributed by atoms with Crippen molar-refractivity contribution in [2.75, 3.05) is 0 Å². The van der Waals surface area contributed by atoms with E-state index in [4.69, 9.17) is 10.2 Å². The third-order valence-electron chi connectivity index (χ3n) is 3.18. The largest absolute Gasteiger partial charge is 0.467 e. The zero-order valence-electron chi connectivity index (χ0n) is 10.3. The molecule has 16 heavy (non-hydrogen) atoms. The summed E-state index contributed by atoms with van der Waals surface area (Å²) in [5.74, 6) is 0.662. The number of nitrogens with two attached hydrogens (primary N) is 1. The van der Waals surface area contributed by atoms with E-state index >= 15 is 0 Å². The lowest BCUT2D eigenvalue weighted by molar-refractivity contribution is -0.132. The van der Waals surface area contributed by atoms with Crippen LogP contribution in [0.15, 0.2) is 22.8 Å². The van der Waals surface area contributed by atoms with Gasteiger partial charge in [-0.25, -0.2) is 0 Å². The Kier molecular flexibility index (Phi) is 3.43. The monoisotopic (exact) mass is 224 g/mol. The van der Waals surface area contributed by atoms with Gasteiger partial charge < -0.3 is 15.5 Å². The second-order valence-electron chi connectivity index (χ2n) is 5.11. The minimum Gasteiger partial charge on any atom is -0.467 e. The summed E-state index contributed by atoms with van der Waals surface area (Å²) >= 11 is 0. The van der Waals surface area contributed by atoms with Gasteiger partial charge in [-0.05, 0) is 39.8 Å². The van der Waals surface area contributed by atoms with Crippen LogP contribution in [0.4, 0.5) is 0 Å². The molecule has 90 valence electrons. The first-order chi connectivity index (χ1) is 7.25. The lowest BCUT2D eigenvalue weighted by atomic mass is 9.74. The number of hydrogen-bond acceptors (Lipinski definition) is 3. The highest BCUT2D eigenvalue weighted by Gasteiger charge is 2.40. The van der Waals surface area contributed by atoms with Crippen LogP contribution in [0.1, 0.15) is 33.5 Å². The molecule has 0 aliphatic carbocycles. The molecule has 1 rings (SSSR count). The molecule has 0 unspecified atom stereocenters. The predicted molar refractivity (Wildman–Crippen MR) is 62.6 cm³/mol. The van der Waals surface area contributed by atoms with Crippen molar-refractivity contribution in [2.24, 2.45) is 11.1 Å². The number of carbonyl (C=O) groups is 1. The molecular weight excluding hydrogens is 204 g/mol. The molecular formula is C12H20N2O2. The molecule has 4 heteroatoms. The normalized spacial score (nSPS) is 12.6. The number of carbonyl (C=O) groups excluding carboxylic acids is 1. The number of nitrogens with one attached hydrogen (secondary N) is 1. The molecule has 0 fully saturated rings. The maximum absolute atomic E-state index is 12.0. The summed E-state index contributed by atoms with van der Waals surface area (Å²) in [7, 11) is 0. The van der Waals surface area contributed by atoms with Crippen LogP contribution in [-0.4, -0.2) is 11.4 Å². The fourth-order valence-corrected chi connectivity index (χ4v) is 1.09. The van der Waals surface area contributed by atoms with Crippen LogP contribution in [0.5, 0.6) is 0 Å². The third kappa shape index (κ3) is 2.64. The Morgan fingerprint density at radius 3 is 2.50 bits per heavy atom. The number of furan rings is 1. The highest BCUT2D eigenvalue weighted by molar-refractivity contribution is 5.83. The summed E-state index contributed by atoms with van der Waals surface area (Å²) in [6, 6.07) is 3.61. The quantitative estimate of drug-likeness (QED) is 0.817.